The van der Waals surface area contributed by atoms with Crippen molar-refractivity contribution in [2.24, 2.45) is 0 Å². The highest BCUT2D eigenvalue weighted by Gasteiger charge is 2.19. The largest absolute Gasteiger partial charge is 0.480 e. The number of nitrogens with zero attached hydrogens (tertiary/aromatic N) is 2. The van der Waals surface area contributed by atoms with Gasteiger partial charge in [-0.15, -0.1) is 0 Å². The number of carboxylic acids is 1. The molecule has 2 aliphatic rings. The summed E-state index contributed by atoms with van der Waals surface area (Å²) in [4.78, 5) is 17.5. The highest BCUT2D eigenvalue weighted by atomic mass is 16.4. The lowest BCUT2D eigenvalue weighted by atomic mass is 10.0. The Balaban J connectivity index is 1.29. The van der Waals surface area contributed by atoms with Gasteiger partial charge < -0.3 is 15.7 Å². The van der Waals surface area contributed by atoms with Gasteiger partial charge in [-0.3, -0.25) is 9.69 Å². The van der Waals surface area contributed by atoms with Crippen LogP contribution in [-0.2, 0) is 17.6 Å². The lowest BCUT2D eigenvalue weighted by molar-refractivity contribution is -0.138. The van der Waals surface area contributed by atoms with Crippen LogP contribution in [0.1, 0.15) is 43.4 Å². The number of pyridine rings is 1. The van der Waals surface area contributed by atoms with Crippen molar-refractivity contribution in [3.8, 4) is 0 Å². The van der Waals surface area contributed by atoms with Gasteiger partial charge in [-0.05, 0) is 63.1 Å². The minimum absolute atomic E-state index is 0.176. The molecule has 0 aliphatic carbocycles. The van der Waals surface area contributed by atoms with Gasteiger partial charge in [0.05, 0.1) is 6.54 Å². The number of carboxylic acid groups (broad SMARTS) is 1. The van der Waals surface area contributed by atoms with E-state index in [9.17, 15) is 4.79 Å². The lowest BCUT2D eigenvalue weighted by Crippen LogP contribution is -2.44. The number of hydrogen-bond donors (Lipinski definition) is 3. The summed E-state index contributed by atoms with van der Waals surface area (Å²) in [5, 5.41) is 15.8. The summed E-state index contributed by atoms with van der Waals surface area (Å²) < 4.78 is 0. The van der Waals surface area contributed by atoms with Gasteiger partial charge in [0, 0.05) is 31.4 Å². The minimum atomic E-state index is -0.725. The number of aliphatic carboxylic acids is 1. The number of piperidine rings is 1. The Morgan fingerprint density at radius 3 is 2.96 bits per heavy atom. The van der Waals surface area contributed by atoms with E-state index in [0.29, 0.717) is 6.04 Å². The van der Waals surface area contributed by atoms with Gasteiger partial charge in [-0.25, -0.2) is 4.98 Å². The third kappa shape index (κ3) is 5.68. The molecule has 3 N–H and O–H groups in total. The van der Waals surface area contributed by atoms with Gasteiger partial charge in [0.15, 0.2) is 0 Å². The molecule has 0 bridgehead atoms. The first-order valence-corrected chi connectivity index (χ1v) is 9.61. The van der Waals surface area contributed by atoms with E-state index in [0.717, 1.165) is 70.5 Å². The minimum Gasteiger partial charge on any atom is -0.480 e. The fourth-order valence-corrected chi connectivity index (χ4v) is 3.73. The first-order valence-electron chi connectivity index (χ1n) is 9.61. The molecule has 3 heterocycles. The van der Waals surface area contributed by atoms with Crippen LogP contribution in [0, 0.1) is 0 Å². The Morgan fingerprint density at radius 2 is 2.16 bits per heavy atom. The molecule has 0 atom stereocenters. The molecule has 2 aliphatic heterocycles. The van der Waals surface area contributed by atoms with Crippen molar-refractivity contribution in [1.29, 1.82) is 0 Å². The van der Waals surface area contributed by atoms with Gasteiger partial charge in [0.1, 0.15) is 5.82 Å². The molecular weight excluding hydrogens is 316 g/mol. The number of carbonyl (C=O) groups is 1. The van der Waals surface area contributed by atoms with Crippen LogP contribution in [0.25, 0.3) is 0 Å². The lowest BCUT2D eigenvalue weighted by Gasteiger charge is -2.31. The molecule has 0 unspecified atom stereocenters. The highest BCUT2D eigenvalue weighted by Crippen LogP contribution is 2.20. The Morgan fingerprint density at radius 1 is 1.32 bits per heavy atom. The van der Waals surface area contributed by atoms with Gasteiger partial charge >= 0.3 is 5.97 Å². The van der Waals surface area contributed by atoms with E-state index in [1.165, 1.54) is 17.7 Å². The zero-order valence-electron chi connectivity index (χ0n) is 15.0. The molecule has 6 heteroatoms. The number of unbranched alkanes of at least 4 members (excludes halogenated alkanes) is 1. The maximum atomic E-state index is 10.7. The topological polar surface area (TPSA) is 77.5 Å². The van der Waals surface area contributed by atoms with Crippen LogP contribution in [0.2, 0.25) is 0 Å². The maximum Gasteiger partial charge on any atom is 0.317 e. The Hall–Kier alpha value is -1.66. The summed E-state index contributed by atoms with van der Waals surface area (Å²) in [5.41, 5.74) is 2.54. The quantitative estimate of drug-likeness (QED) is 0.624. The van der Waals surface area contributed by atoms with E-state index in [1.54, 1.807) is 0 Å². The number of likely N-dealkylation sites (tertiary alicyclic amines) is 1. The molecule has 0 radical (unpaired) electrons. The molecule has 0 amide bonds. The molecule has 0 saturated carbocycles. The van der Waals surface area contributed by atoms with Crippen LogP contribution in [0.5, 0.6) is 0 Å². The zero-order chi connectivity index (χ0) is 17.5. The van der Waals surface area contributed by atoms with Crippen molar-refractivity contribution in [2.45, 2.75) is 51.0 Å². The van der Waals surface area contributed by atoms with Crippen molar-refractivity contribution in [1.82, 2.24) is 15.2 Å². The van der Waals surface area contributed by atoms with Gasteiger partial charge in [-0.1, -0.05) is 6.07 Å². The predicted molar refractivity (Wildman–Crippen MR) is 99.1 cm³/mol. The van der Waals surface area contributed by atoms with E-state index in [1.807, 2.05) is 4.90 Å². The summed E-state index contributed by atoms with van der Waals surface area (Å²) in [6, 6.07) is 4.95. The average molecular weight is 346 g/mol. The number of aromatic nitrogens is 1. The van der Waals surface area contributed by atoms with Crippen molar-refractivity contribution in [3.63, 3.8) is 0 Å². The molecule has 0 spiro atoms. The average Bonchev–Trinajstić information content (AvgIpc) is 2.62. The molecule has 138 valence electrons. The monoisotopic (exact) mass is 346 g/mol. The molecule has 25 heavy (non-hydrogen) atoms. The molecule has 3 rings (SSSR count). The molecule has 0 aromatic carbocycles. The number of hydrogen-bond acceptors (Lipinski definition) is 5. The Kier molecular flexibility index (Phi) is 6.64. The second-order valence-electron chi connectivity index (χ2n) is 7.20. The number of aryl methyl sites for hydroxylation is 2. The predicted octanol–water partition coefficient (Wildman–Crippen LogP) is 1.90. The molecular formula is C19H30N4O2. The molecule has 1 fully saturated rings. The number of nitrogens with one attached hydrogen (secondary N) is 2. The maximum absolute atomic E-state index is 10.7. The van der Waals surface area contributed by atoms with E-state index < -0.39 is 5.97 Å². The first-order chi connectivity index (χ1) is 12.2. The SMILES string of the molecule is O=C(O)CN1CCC(NCCCCc2ccc3c(n2)NCCC3)CC1. The van der Waals surface area contributed by atoms with Crippen LogP contribution in [0.4, 0.5) is 5.82 Å². The summed E-state index contributed by atoms with van der Waals surface area (Å²) in [6.45, 7) is 4.02. The van der Waals surface area contributed by atoms with Crippen LogP contribution in [0.15, 0.2) is 12.1 Å². The summed E-state index contributed by atoms with van der Waals surface area (Å²) >= 11 is 0. The molecule has 1 aromatic rings. The molecule has 1 saturated heterocycles. The van der Waals surface area contributed by atoms with Crippen LogP contribution in [-0.4, -0.2) is 59.7 Å². The van der Waals surface area contributed by atoms with E-state index in [2.05, 4.69) is 22.8 Å². The summed E-state index contributed by atoms with van der Waals surface area (Å²) in [7, 11) is 0. The number of anilines is 1. The van der Waals surface area contributed by atoms with Crippen molar-refractivity contribution >= 4 is 11.8 Å². The van der Waals surface area contributed by atoms with Gasteiger partial charge in [0.25, 0.3) is 0 Å². The standard InChI is InChI=1S/C19H30N4O2/c24-18(25)14-23-12-8-16(9-13-23)20-10-2-1-5-17-7-6-15-4-3-11-21-19(15)22-17/h6-7,16,20H,1-5,8-14H2,(H,21,22)(H,24,25). The summed E-state index contributed by atoms with van der Waals surface area (Å²) in [6.07, 6.45) is 7.78. The summed E-state index contributed by atoms with van der Waals surface area (Å²) in [5.74, 6) is 0.368. The zero-order valence-corrected chi connectivity index (χ0v) is 15.0. The van der Waals surface area contributed by atoms with Gasteiger partial charge in [0.2, 0.25) is 0 Å². The fourth-order valence-electron chi connectivity index (χ4n) is 3.73. The smallest absolute Gasteiger partial charge is 0.317 e. The normalized spacial score (nSPS) is 18.6. The van der Waals surface area contributed by atoms with Crippen molar-refractivity contribution in [2.75, 3.05) is 38.0 Å². The Labute approximate surface area is 150 Å². The van der Waals surface area contributed by atoms with E-state index in [4.69, 9.17) is 10.1 Å². The number of rotatable bonds is 8. The molecule has 1 aromatic heterocycles. The Bertz CT molecular complexity index is 571. The van der Waals surface area contributed by atoms with E-state index in [-0.39, 0.29) is 6.54 Å². The van der Waals surface area contributed by atoms with Crippen LogP contribution in [0.3, 0.4) is 0 Å². The van der Waals surface area contributed by atoms with Crippen LogP contribution < -0.4 is 10.6 Å². The van der Waals surface area contributed by atoms with Gasteiger partial charge in [-0.2, -0.15) is 0 Å². The van der Waals surface area contributed by atoms with Crippen LogP contribution >= 0.6 is 0 Å². The number of fused-ring (bicyclic) bond motifs is 1. The third-order valence-corrected chi connectivity index (χ3v) is 5.19. The fraction of sp³-hybridized carbons (Fsp3) is 0.684. The second-order valence-corrected chi connectivity index (χ2v) is 7.20. The third-order valence-electron chi connectivity index (χ3n) is 5.19. The van der Waals surface area contributed by atoms with Crippen molar-refractivity contribution in [3.05, 3.63) is 23.4 Å². The van der Waals surface area contributed by atoms with Crippen molar-refractivity contribution < 1.29 is 9.90 Å². The molecule has 6 nitrogen and oxygen atoms in total. The second kappa shape index (κ2) is 9.15. The first kappa shape index (κ1) is 18.1. The highest BCUT2D eigenvalue weighted by molar-refractivity contribution is 5.69. The van der Waals surface area contributed by atoms with E-state index >= 15 is 0 Å².